The number of allylic oxidation sites excluding steroid dienone is 6. The van der Waals surface area contributed by atoms with Crippen LogP contribution in [0.5, 0.6) is 0 Å². The van der Waals surface area contributed by atoms with Gasteiger partial charge in [0.2, 0.25) is 0 Å². The van der Waals surface area contributed by atoms with E-state index in [-0.39, 0.29) is 39.4 Å². The molecule has 0 radical (unpaired) electrons. The minimum atomic E-state index is -0.198. The Morgan fingerprint density at radius 2 is 0.732 bits per heavy atom. The summed E-state index contributed by atoms with van der Waals surface area (Å²) in [5.41, 5.74) is 10.8. The molecule has 0 bridgehead atoms. The molecule has 0 aliphatic heterocycles. The van der Waals surface area contributed by atoms with Gasteiger partial charge in [0.15, 0.2) is 23.1 Å². The summed E-state index contributed by atoms with van der Waals surface area (Å²) in [6.07, 6.45) is 25.9. The van der Waals surface area contributed by atoms with E-state index in [9.17, 15) is 19.2 Å². The van der Waals surface area contributed by atoms with Crippen molar-refractivity contribution in [2.45, 2.75) is 113 Å². The third-order valence-electron chi connectivity index (χ3n) is 15.2. The van der Waals surface area contributed by atoms with Crippen molar-refractivity contribution in [3.05, 3.63) is 137 Å². The van der Waals surface area contributed by atoms with E-state index < -0.39 is 0 Å². The molecular weight excluding hydrogens is 729 g/mol. The van der Waals surface area contributed by atoms with Gasteiger partial charge in [0, 0.05) is 58.0 Å². The summed E-state index contributed by atoms with van der Waals surface area (Å²) in [7, 11) is 0. The summed E-state index contributed by atoms with van der Waals surface area (Å²) in [6, 6.07) is 14.6. The van der Waals surface area contributed by atoms with Crippen LogP contribution in [0.15, 0.2) is 83.0 Å². The minimum absolute atomic E-state index is 0.0800. The van der Waals surface area contributed by atoms with Crippen LogP contribution in [-0.4, -0.2) is 23.1 Å². The van der Waals surface area contributed by atoms with Crippen molar-refractivity contribution < 1.29 is 19.2 Å². The number of fused-ring (bicyclic) bond motifs is 13. The summed E-state index contributed by atoms with van der Waals surface area (Å²) in [4.78, 5) is 60.6. The highest BCUT2D eigenvalue weighted by Gasteiger charge is 2.58. The summed E-state index contributed by atoms with van der Waals surface area (Å²) in [6.45, 7) is 0. The van der Waals surface area contributed by atoms with Gasteiger partial charge in [-0.05, 0) is 96.2 Å². The second-order valence-corrected chi connectivity index (χ2v) is 19.8. The molecule has 3 spiro atoms. The minimum Gasteiger partial charge on any atom is -0.288 e. The van der Waals surface area contributed by atoms with Crippen molar-refractivity contribution in [2.24, 2.45) is 0 Å². The Bertz CT molecular complexity index is 2400. The number of ketones is 4. The van der Waals surface area contributed by atoms with Gasteiger partial charge in [0.05, 0.1) is 11.1 Å². The number of Topliss-reactive ketones (excluding diaryl/α,β-unsaturated/α-hetero) is 4. The number of hydrogen-bond donors (Lipinski definition) is 0. The maximum absolute atomic E-state index is 13.7. The lowest BCUT2D eigenvalue weighted by atomic mass is 9.58. The van der Waals surface area contributed by atoms with Crippen molar-refractivity contribution in [1.82, 2.24) is 0 Å². The fraction of sp³-hybridized carbons (Fsp3) is 0.360. The van der Waals surface area contributed by atoms with Crippen LogP contribution in [0.2, 0.25) is 0 Å². The quantitative estimate of drug-likeness (QED) is 0.150. The molecule has 56 heavy (non-hydrogen) atoms. The van der Waals surface area contributed by atoms with Crippen LogP contribution in [0, 0.1) is 0 Å². The van der Waals surface area contributed by atoms with Crippen molar-refractivity contribution >= 4 is 58.0 Å². The van der Waals surface area contributed by atoms with Gasteiger partial charge in [-0.25, -0.2) is 0 Å². The van der Waals surface area contributed by atoms with Crippen LogP contribution in [0.3, 0.4) is 0 Å². The van der Waals surface area contributed by atoms with E-state index in [0.717, 1.165) is 64.2 Å². The summed E-state index contributed by atoms with van der Waals surface area (Å²) >= 11 is 3.93. The van der Waals surface area contributed by atoms with E-state index in [0.29, 0.717) is 33.4 Å². The Morgan fingerprint density at radius 3 is 1.07 bits per heavy atom. The molecule has 8 aliphatic carbocycles. The molecule has 278 valence electrons. The van der Waals surface area contributed by atoms with Gasteiger partial charge in [0.25, 0.3) is 0 Å². The van der Waals surface area contributed by atoms with Gasteiger partial charge >= 0.3 is 0 Å². The van der Waals surface area contributed by atoms with E-state index in [4.69, 9.17) is 0 Å². The topological polar surface area (TPSA) is 68.3 Å². The zero-order chi connectivity index (χ0) is 37.6. The maximum atomic E-state index is 13.7. The Balaban J connectivity index is 1.03. The second-order valence-electron chi connectivity index (χ2n) is 17.7. The molecule has 0 unspecified atom stereocenters. The van der Waals surface area contributed by atoms with Crippen LogP contribution in [0.1, 0.15) is 170 Å². The van der Waals surface area contributed by atoms with Gasteiger partial charge in [-0.15, -0.1) is 22.7 Å². The smallest absolute Gasteiger partial charge is 0.197 e. The van der Waals surface area contributed by atoms with Crippen molar-refractivity contribution in [1.29, 1.82) is 0 Å². The summed E-state index contributed by atoms with van der Waals surface area (Å²) < 4.78 is 0. The first kappa shape index (κ1) is 33.6. The number of carbonyl (C=O) groups excluding carboxylic acids is 4. The highest BCUT2D eigenvalue weighted by atomic mass is 32.1. The zero-order valence-electron chi connectivity index (χ0n) is 31.5. The first-order valence-electron chi connectivity index (χ1n) is 21.0. The van der Waals surface area contributed by atoms with Crippen LogP contribution in [0.4, 0.5) is 0 Å². The van der Waals surface area contributed by atoms with Crippen LogP contribution in [-0.2, 0) is 16.2 Å². The molecule has 4 aromatic rings. The molecule has 8 aliphatic rings. The highest BCUT2D eigenvalue weighted by Crippen LogP contribution is 2.71. The zero-order valence-corrected chi connectivity index (χ0v) is 33.1. The molecule has 3 fully saturated rings. The molecule has 2 aromatic heterocycles. The lowest BCUT2D eigenvalue weighted by Crippen LogP contribution is -2.37. The van der Waals surface area contributed by atoms with E-state index in [1.54, 1.807) is 35.4 Å². The molecule has 2 aromatic carbocycles. The normalized spacial score (nSPS) is 23.0. The molecule has 12 rings (SSSR count). The lowest BCUT2D eigenvalue weighted by molar-refractivity contribution is 0.0973. The molecule has 6 heteroatoms. The third-order valence-corrected chi connectivity index (χ3v) is 17.6. The molecule has 0 N–H and O–H groups in total. The molecule has 3 saturated carbocycles. The average molecular weight is 771 g/mol. The SMILES string of the molecule is O=C1C(=CC2=Cc3sc4c(c3C23CCCCC3)C2(CCCCC2)c2c-4sc3c2C2(CCCCC2)C(C=C2C(=O)c4ccccc4C2=O)=C3)C(=O)c2ccccc21. The van der Waals surface area contributed by atoms with Crippen LogP contribution >= 0.6 is 22.7 Å². The number of hydrogen-bond acceptors (Lipinski definition) is 6. The molecule has 0 saturated heterocycles. The van der Waals surface area contributed by atoms with Gasteiger partial charge in [-0.1, -0.05) is 106 Å². The number of benzene rings is 2. The highest BCUT2D eigenvalue weighted by molar-refractivity contribution is 7.23. The standard InChI is InChI=1S/C50H42O4S2/c51-42-30-14-4-5-15-31(30)43(52)34(42)24-28-26-36-38(48(28)18-8-1-9-19-48)40-46(55-36)47-41(50(40)22-12-3-13-23-50)39-37(56-47)27-29(49(39)20-10-2-11-21-49)25-35-44(53)32-16-6-7-17-33(32)45(35)54/h4-7,14-17,24-27H,1-3,8-13,18-23H2. The number of rotatable bonds is 2. The Labute approximate surface area is 335 Å². The van der Waals surface area contributed by atoms with Crippen LogP contribution < -0.4 is 0 Å². The van der Waals surface area contributed by atoms with Crippen molar-refractivity contribution in [2.75, 3.05) is 0 Å². The van der Waals surface area contributed by atoms with E-state index in [2.05, 4.69) is 12.2 Å². The number of carbonyl (C=O) groups is 4. The number of thiophene rings is 2. The Morgan fingerprint density at radius 1 is 0.411 bits per heavy atom. The lowest BCUT2D eigenvalue weighted by Gasteiger charge is -2.44. The monoisotopic (exact) mass is 770 g/mol. The summed E-state index contributed by atoms with van der Waals surface area (Å²) in [5.74, 6) is -0.554. The Hall–Kier alpha value is -4.52. The fourth-order valence-electron chi connectivity index (χ4n) is 12.8. The van der Waals surface area contributed by atoms with Crippen molar-refractivity contribution in [3.63, 3.8) is 0 Å². The first-order valence-corrected chi connectivity index (χ1v) is 22.6. The second kappa shape index (κ2) is 11.8. The molecular formula is C50H42O4S2. The summed E-state index contributed by atoms with van der Waals surface area (Å²) in [5, 5.41) is 0. The predicted molar refractivity (Wildman–Crippen MR) is 223 cm³/mol. The molecule has 0 amide bonds. The van der Waals surface area contributed by atoms with Gasteiger partial charge in [-0.3, -0.25) is 19.2 Å². The fourth-order valence-corrected chi connectivity index (χ4v) is 15.8. The van der Waals surface area contributed by atoms with E-state index in [1.807, 2.05) is 59.1 Å². The van der Waals surface area contributed by atoms with Crippen molar-refractivity contribution in [3.8, 4) is 9.75 Å². The van der Waals surface area contributed by atoms with Gasteiger partial charge < -0.3 is 0 Å². The van der Waals surface area contributed by atoms with E-state index >= 15 is 0 Å². The average Bonchev–Trinajstić information content (AvgIpc) is 4.06. The third kappa shape index (κ3) is 4.15. The largest absolute Gasteiger partial charge is 0.288 e. The predicted octanol–water partition coefficient (Wildman–Crippen LogP) is 12.2. The Kier molecular flexibility index (Phi) is 7.06. The van der Waals surface area contributed by atoms with Gasteiger partial charge in [0.1, 0.15) is 0 Å². The maximum Gasteiger partial charge on any atom is 0.197 e. The first-order chi connectivity index (χ1) is 27.4. The molecule has 2 heterocycles. The molecule has 4 nitrogen and oxygen atoms in total. The van der Waals surface area contributed by atoms with Gasteiger partial charge in [-0.2, -0.15) is 0 Å². The van der Waals surface area contributed by atoms with E-state index in [1.165, 1.54) is 73.9 Å². The van der Waals surface area contributed by atoms with Crippen LogP contribution in [0.25, 0.3) is 21.9 Å². The molecule has 0 atom stereocenters.